The van der Waals surface area contributed by atoms with E-state index in [9.17, 15) is 9.59 Å². The lowest BCUT2D eigenvalue weighted by atomic mass is 10.1. The Labute approximate surface area is 189 Å². The number of pyridine rings is 1. The smallest absolute Gasteiger partial charge is 0.257 e. The number of amides is 2. The van der Waals surface area contributed by atoms with Gasteiger partial charge in [0.15, 0.2) is 0 Å². The van der Waals surface area contributed by atoms with Gasteiger partial charge in [-0.2, -0.15) is 0 Å². The lowest BCUT2D eigenvalue weighted by Crippen LogP contribution is -2.19. The summed E-state index contributed by atoms with van der Waals surface area (Å²) in [6, 6.07) is 17.7. The Bertz CT molecular complexity index is 1240. The third kappa shape index (κ3) is 5.16. The van der Waals surface area contributed by atoms with Gasteiger partial charge in [0, 0.05) is 35.1 Å². The molecule has 0 unspecified atom stereocenters. The van der Waals surface area contributed by atoms with Gasteiger partial charge in [-0.25, -0.2) is 4.98 Å². The van der Waals surface area contributed by atoms with Crippen LogP contribution in [0.25, 0.3) is 10.6 Å². The summed E-state index contributed by atoms with van der Waals surface area (Å²) in [5, 5.41) is 8.31. The molecule has 2 aromatic carbocycles. The van der Waals surface area contributed by atoms with Crippen LogP contribution in [0.1, 0.15) is 16.1 Å². The molecule has 0 atom stereocenters. The molecule has 0 fully saturated rings. The Morgan fingerprint density at radius 3 is 2.72 bits per heavy atom. The SMILES string of the molecule is COc1cccc(NC(=O)c2ccccc2NC(=O)Cc2csc(-c3cccnc3)n2)c1. The topological polar surface area (TPSA) is 93.2 Å². The Morgan fingerprint density at radius 1 is 1.03 bits per heavy atom. The Kier molecular flexibility index (Phi) is 6.52. The summed E-state index contributed by atoms with van der Waals surface area (Å²) in [5.74, 6) is 0.0506. The summed E-state index contributed by atoms with van der Waals surface area (Å²) < 4.78 is 5.19. The average molecular weight is 445 g/mol. The number of hydrogen-bond acceptors (Lipinski definition) is 6. The minimum absolute atomic E-state index is 0.0998. The highest BCUT2D eigenvalue weighted by molar-refractivity contribution is 7.13. The molecular weight excluding hydrogens is 424 g/mol. The van der Waals surface area contributed by atoms with Crippen LogP contribution in [-0.4, -0.2) is 28.9 Å². The van der Waals surface area contributed by atoms with Crippen molar-refractivity contribution in [2.24, 2.45) is 0 Å². The van der Waals surface area contributed by atoms with E-state index in [-0.39, 0.29) is 18.2 Å². The fraction of sp³-hybridized carbons (Fsp3) is 0.0833. The molecule has 4 rings (SSSR count). The van der Waals surface area contributed by atoms with E-state index in [1.807, 2.05) is 17.5 Å². The van der Waals surface area contributed by atoms with E-state index in [2.05, 4.69) is 20.6 Å². The monoisotopic (exact) mass is 444 g/mol. The first-order valence-corrected chi connectivity index (χ1v) is 10.7. The predicted molar refractivity (Wildman–Crippen MR) is 125 cm³/mol. The van der Waals surface area contributed by atoms with Crippen LogP contribution in [0.15, 0.2) is 78.4 Å². The second-order valence-electron chi connectivity index (χ2n) is 6.84. The maximum absolute atomic E-state index is 12.8. The van der Waals surface area contributed by atoms with E-state index < -0.39 is 0 Å². The molecule has 7 nitrogen and oxygen atoms in total. The third-order valence-electron chi connectivity index (χ3n) is 4.58. The van der Waals surface area contributed by atoms with Crippen LogP contribution < -0.4 is 15.4 Å². The van der Waals surface area contributed by atoms with Gasteiger partial charge in [0.1, 0.15) is 10.8 Å². The summed E-state index contributed by atoms with van der Waals surface area (Å²) in [6.45, 7) is 0. The molecule has 0 radical (unpaired) electrons. The molecule has 0 aliphatic rings. The van der Waals surface area contributed by atoms with Crippen molar-refractivity contribution in [2.75, 3.05) is 17.7 Å². The van der Waals surface area contributed by atoms with Gasteiger partial charge in [0.25, 0.3) is 5.91 Å². The second kappa shape index (κ2) is 9.84. The Balaban J connectivity index is 1.44. The molecule has 4 aromatic rings. The highest BCUT2D eigenvalue weighted by Gasteiger charge is 2.15. The number of para-hydroxylation sites is 1. The largest absolute Gasteiger partial charge is 0.497 e. The van der Waals surface area contributed by atoms with Crippen molar-refractivity contribution >= 4 is 34.5 Å². The maximum Gasteiger partial charge on any atom is 0.257 e. The first-order chi connectivity index (χ1) is 15.6. The number of nitrogens with zero attached hydrogens (tertiary/aromatic N) is 2. The lowest BCUT2D eigenvalue weighted by molar-refractivity contribution is -0.115. The van der Waals surface area contributed by atoms with Crippen molar-refractivity contribution in [3.63, 3.8) is 0 Å². The number of aromatic nitrogens is 2. The zero-order valence-electron chi connectivity index (χ0n) is 17.2. The molecule has 2 aromatic heterocycles. The zero-order valence-corrected chi connectivity index (χ0v) is 18.1. The first-order valence-electron chi connectivity index (χ1n) is 9.81. The molecule has 2 amide bonds. The number of carbonyl (C=O) groups is 2. The summed E-state index contributed by atoms with van der Waals surface area (Å²) in [5.41, 5.74) is 2.95. The van der Waals surface area contributed by atoms with Gasteiger partial charge in [-0.15, -0.1) is 11.3 Å². The van der Waals surface area contributed by atoms with Crippen LogP contribution in [-0.2, 0) is 11.2 Å². The number of rotatable bonds is 7. The van der Waals surface area contributed by atoms with E-state index in [0.29, 0.717) is 28.4 Å². The van der Waals surface area contributed by atoms with Gasteiger partial charge in [0.05, 0.1) is 30.5 Å². The minimum atomic E-state index is -0.332. The lowest BCUT2D eigenvalue weighted by Gasteiger charge is -2.12. The summed E-state index contributed by atoms with van der Waals surface area (Å²) in [6.07, 6.45) is 3.54. The van der Waals surface area contributed by atoms with Crippen molar-refractivity contribution in [1.29, 1.82) is 0 Å². The fourth-order valence-electron chi connectivity index (χ4n) is 3.06. The number of carbonyl (C=O) groups excluding carboxylic acids is 2. The summed E-state index contributed by atoms with van der Waals surface area (Å²) in [7, 11) is 1.56. The molecule has 0 aliphatic heterocycles. The highest BCUT2D eigenvalue weighted by atomic mass is 32.1. The molecule has 8 heteroatoms. The van der Waals surface area contributed by atoms with Crippen molar-refractivity contribution in [1.82, 2.24) is 9.97 Å². The zero-order chi connectivity index (χ0) is 22.3. The van der Waals surface area contributed by atoms with Crippen molar-refractivity contribution < 1.29 is 14.3 Å². The van der Waals surface area contributed by atoms with Crippen molar-refractivity contribution in [3.05, 3.63) is 89.7 Å². The molecule has 0 aliphatic carbocycles. The van der Waals surface area contributed by atoms with Crippen LogP contribution >= 0.6 is 11.3 Å². The molecule has 0 saturated carbocycles. The first kappa shape index (κ1) is 21.2. The predicted octanol–water partition coefficient (Wildman–Crippen LogP) is 4.65. The van der Waals surface area contributed by atoms with Crippen molar-refractivity contribution in [2.45, 2.75) is 6.42 Å². The van der Waals surface area contributed by atoms with Crippen LogP contribution in [0.2, 0.25) is 0 Å². The van der Waals surface area contributed by atoms with Crippen LogP contribution in [0.3, 0.4) is 0 Å². The summed E-state index contributed by atoms with van der Waals surface area (Å²) in [4.78, 5) is 34.1. The average Bonchev–Trinajstić information content (AvgIpc) is 3.28. The Hall–Kier alpha value is -4.04. The van der Waals surface area contributed by atoms with Crippen LogP contribution in [0.4, 0.5) is 11.4 Å². The van der Waals surface area contributed by atoms with E-state index in [1.165, 1.54) is 11.3 Å². The van der Waals surface area contributed by atoms with Gasteiger partial charge in [-0.1, -0.05) is 18.2 Å². The van der Waals surface area contributed by atoms with Crippen LogP contribution in [0, 0.1) is 0 Å². The van der Waals surface area contributed by atoms with Gasteiger partial charge in [0.2, 0.25) is 5.91 Å². The molecule has 2 N–H and O–H groups in total. The molecule has 0 bridgehead atoms. The van der Waals surface area contributed by atoms with E-state index in [1.54, 1.807) is 68.0 Å². The van der Waals surface area contributed by atoms with Crippen molar-refractivity contribution in [3.8, 4) is 16.3 Å². The standard InChI is InChI=1S/C24H20N4O3S/c1-31-19-8-4-7-17(12-19)26-23(30)20-9-2-3-10-21(20)28-22(29)13-18-15-32-24(27-18)16-6-5-11-25-14-16/h2-12,14-15H,13H2,1H3,(H,26,30)(H,28,29). The van der Waals surface area contributed by atoms with Crippen LogP contribution in [0.5, 0.6) is 5.75 Å². The fourth-order valence-corrected chi connectivity index (χ4v) is 3.87. The molecule has 0 spiro atoms. The molecule has 2 heterocycles. The highest BCUT2D eigenvalue weighted by Crippen LogP contribution is 2.24. The molecule has 32 heavy (non-hydrogen) atoms. The van der Waals surface area contributed by atoms with Gasteiger partial charge >= 0.3 is 0 Å². The van der Waals surface area contributed by atoms with Gasteiger partial charge in [-0.05, 0) is 36.4 Å². The second-order valence-corrected chi connectivity index (χ2v) is 7.70. The number of hydrogen-bond donors (Lipinski definition) is 2. The Morgan fingerprint density at radius 2 is 1.91 bits per heavy atom. The normalized spacial score (nSPS) is 10.4. The van der Waals surface area contributed by atoms with Gasteiger partial charge in [-0.3, -0.25) is 14.6 Å². The number of anilines is 2. The number of thiazole rings is 1. The van der Waals surface area contributed by atoms with Gasteiger partial charge < -0.3 is 15.4 Å². The molecular formula is C24H20N4O3S. The minimum Gasteiger partial charge on any atom is -0.497 e. The quantitative estimate of drug-likeness (QED) is 0.433. The number of methoxy groups -OCH3 is 1. The van der Waals surface area contributed by atoms with E-state index in [0.717, 1.165) is 10.6 Å². The third-order valence-corrected chi connectivity index (χ3v) is 5.52. The maximum atomic E-state index is 12.8. The number of benzene rings is 2. The molecule has 160 valence electrons. The number of ether oxygens (including phenoxy) is 1. The summed E-state index contributed by atoms with van der Waals surface area (Å²) >= 11 is 1.46. The number of nitrogens with one attached hydrogen (secondary N) is 2. The van der Waals surface area contributed by atoms with E-state index in [4.69, 9.17) is 4.74 Å². The van der Waals surface area contributed by atoms with E-state index >= 15 is 0 Å². The molecule has 0 saturated heterocycles.